The van der Waals surface area contributed by atoms with E-state index in [1.807, 2.05) is 13.0 Å². The number of hydrogen-bond acceptors (Lipinski definition) is 1. The predicted molar refractivity (Wildman–Crippen MR) is 83.7 cm³/mol. The Balaban J connectivity index is 1.92. The molecule has 2 heteroatoms. The molecular weight excluding hydrogens is 249 g/mol. The van der Waals surface area contributed by atoms with Crippen molar-refractivity contribution in [2.75, 3.05) is 5.32 Å². The predicted octanol–water partition coefficient (Wildman–Crippen LogP) is 4.88. The average Bonchev–Trinajstić information content (AvgIpc) is 2.41. The molecule has 0 saturated carbocycles. The smallest absolute Gasteiger partial charge is 0.125 e. The van der Waals surface area contributed by atoms with E-state index in [9.17, 15) is 4.39 Å². The van der Waals surface area contributed by atoms with Crippen molar-refractivity contribution in [3.63, 3.8) is 0 Å². The van der Waals surface area contributed by atoms with Gasteiger partial charge in [-0.15, -0.1) is 0 Å². The highest BCUT2D eigenvalue weighted by Crippen LogP contribution is 2.18. The molecule has 1 nitrogen and oxygen atoms in total. The van der Waals surface area contributed by atoms with Gasteiger partial charge in [0.05, 0.1) is 0 Å². The first-order chi connectivity index (χ1) is 9.54. The third-order valence-electron chi connectivity index (χ3n) is 3.55. The fourth-order valence-corrected chi connectivity index (χ4v) is 2.34. The quantitative estimate of drug-likeness (QED) is 0.817. The first kappa shape index (κ1) is 14.6. The summed E-state index contributed by atoms with van der Waals surface area (Å²) in [5, 5.41) is 3.40. The van der Waals surface area contributed by atoms with Gasteiger partial charge >= 0.3 is 0 Å². The highest BCUT2D eigenvalue weighted by Gasteiger charge is 2.06. The van der Waals surface area contributed by atoms with Gasteiger partial charge in [0, 0.05) is 11.7 Å². The van der Waals surface area contributed by atoms with Crippen molar-refractivity contribution >= 4 is 5.69 Å². The summed E-state index contributed by atoms with van der Waals surface area (Å²) >= 11 is 0. The highest BCUT2D eigenvalue weighted by molar-refractivity contribution is 5.51. The topological polar surface area (TPSA) is 12.0 Å². The van der Waals surface area contributed by atoms with E-state index >= 15 is 0 Å². The van der Waals surface area contributed by atoms with Crippen molar-refractivity contribution in [1.29, 1.82) is 0 Å². The minimum absolute atomic E-state index is 0.191. The molecule has 0 radical (unpaired) electrons. The van der Waals surface area contributed by atoms with Crippen LogP contribution in [0, 0.1) is 19.7 Å². The summed E-state index contributed by atoms with van der Waals surface area (Å²) in [5.74, 6) is -0.191. The zero-order valence-electron chi connectivity index (χ0n) is 12.4. The highest BCUT2D eigenvalue weighted by atomic mass is 19.1. The molecule has 0 aliphatic carbocycles. The third-order valence-corrected chi connectivity index (χ3v) is 3.55. The third kappa shape index (κ3) is 4.09. The zero-order valence-corrected chi connectivity index (χ0v) is 12.4. The molecular formula is C18H22FN. The second kappa shape index (κ2) is 6.56. The molecule has 0 bridgehead atoms. The van der Waals surface area contributed by atoms with E-state index in [4.69, 9.17) is 0 Å². The number of hydrogen-bond donors (Lipinski definition) is 1. The summed E-state index contributed by atoms with van der Waals surface area (Å²) in [6.45, 7) is 6.25. The van der Waals surface area contributed by atoms with Gasteiger partial charge in [-0.05, 0) is 56.9 Å². The summed E-state index contributed by atoms with van der Waals surface area (Å²) in [7, 11) is 0. The van der Waals surface area contributed by atoms with Gasteiger partial charge < -0.3 is 5.32 Å². The lowest BCUT2D eigenvalue weighted by molar-refractivity contribution is 0.626. The fourth-order valence-electron chi connectivity index (χ4n) is 2.34. The van der Waals surface area contributed by atoms with Crippen molar-refractivity contribution in [2.24, 2.45) is 0 Å². The molecule has 1 unspecified atom stereocenters. The second-order valence-electron chi connectivity index (χ2n) is 5.53. The van der Waals surface area contributed by atoms with Gasteiger partial charge in [-0.1, -0.05) is 35.9 Å². The Morgan fingerprint density at radius 3 is 2.65 bits per heavy atom. The Morgan fingerprint density at radius 2 is 1.90 bits per heavy atom. The van der Waals surface area contributed by atoms with Crippen molar-refractivity contribution in [1.82, 2.24) is 0 Å². The van der Waals surface area contributed by atoms with Crippen LogP contribution in [-0.4, -0.2) is 6.04 Å². The first-order valence-corrected chi connectivity index (χ1v) is 7.13. The molecule has 0 heterocycles. The van der Waals surface area contributed by atoms with Crippen LogP contribution in [0.2, 0.25) is 0 Å². The Bertz CT molecular complexity index is 577. The van der Waals surface area contributed by atoms with Gasteiger partial charge in [0.2, 0.25) is 0 Å². The van der Waals surface area contributed by atoms with E-state index in [1.165, 1.54) is 17.2 Å². The first-order valence-electron chi connectivity index (χ1n) is 7.13. The Morgan fingerprint density at radius 1 is 1.10 bits per heavy atom. The average molecular weight is 271 g/mol. The fraction of sp³-hybridized carbons (Fsp3) is 0.333. The molecule has 0 saturated heterocycles. The molecule has 1 N–H and O–H groups in total. The Labute approximate surface area is 120 Å². The molecule has 0 spiro atoms. The van der Waals surface area contributed by atoms with Gasteiger partial charge in [0.1, 0.15) is 5.82 Å². The van der Waals surface area contributed by atoms with Crippen LogP contribution in [0.15, 0.2) is 42.5 Å². The number of nitrogens with one attached hydrogen (secondary N) is 1. The van der Waals surface area contributed by atoms with E-state index < -0.39 is 0 Å². The van der Waals surface area contributed by atoms with Gasteiger partial charge in [0.25, 0.3) is 0 Å². The van der Waals surface area contributed by atoms with E-state index in [1.54, 1.807) is 6.07 Å². The maximum Gasteiger partial charge on any atom is 0.125 e. The largest absolute Gasteiger partial charge is 0.382 e. The molecule has 2 aromatic rings. The van der Waals surface area contributed by atoms with E-state index in [2.05, 4.69) is 43.4 Å². The van der Waals surface area contributed by atoms with Crippen LogP contribution >= 0.6 is 0 Å². The number of rotatable bonds is 5. The molecule has 2 aromatic carbocycles. The maximum atomic E-state index is 13.3. The van der Waals surface area contributed by atoms with Crippen LogP contribution in [0.1, 0.15) is 30.0 Å². The van der Waals surface area contributed by atoms with Crippen molar-refractivity contribution in [3.05, 3.63) is 65.0 Å². The van der Waals surface area contributed by atoms with Crippen LogP contribution in [0.3, 0.4) is 0 Å². The molecule has 2 rings (SSSR count). The standard InChI is InChI=1S/C18H22FN/c1-13-5-4-6-16(11-13)9-8-15(3)20-18-12-17(19)10-7-14(18)2/h4-7,10-12,15,20H,8-9H2,1-3H3. The number of anilines is 1. The zero-order chi connectivity index (χ0) is 14.5. The maximum absolute atomic E-state index is 13.3. The number of aryl methyl sites for hydroxylation is 3. The van der Waals surface area contributed by atoms with Crippen molar-refractivity contribution in [3.8, 4) is 0 Å². The summed E-state index contributed by atoms with van der Waals surface area (Å²) in [6, 6.07) is 13.8. The number of halogens is 1. The van der Waals surface area contributed by atoms with Gasteiger partial charge in [-0.2, -0.15) is 0 Å². The van der Waals surface area contributed by atoms with Crippen molar-refractivity contribution in [2.45, 2.75) is 39.7 Å². The normalized spacial score (nSPS) is 12.2. The second-order valence-corrected chi connectivity index (χ2v) is 5.53. The van der Waals surface area contributed by atoms with E-state index in [0.717, 1.165) is 24.1 Å². The minimum Gasteiger partial charge on any atom is -0.382 e. The van der Waals surface area contributed by atoms with E-state index in [0.29, 0.717) is 6.04 Å². The van der Waals surface area contributed by atoms with Crippen LogP contribution in [0.25, 0.3) is 0 Å². The lowest BCUT2D eigenvalue weighted by Crippen LogP contribution is -2.16. The van der Waals surface area contributed by atoms with Crippen LogP contribution in [0.4, 0.5) is 10.1 Å². The molecule has 0 aliphatic rings. The van der Waals surface area contributed by atoms with Crippen molar-refractivity contribution < 1.29 is 4.39 Å². The lowest BCUT2D eigenvalue weighted by Gasteiger charge is -2.17. The summed E-state index contributed by atoms with van der Waals surface area (Å²) in [5.41, 5.74) is 4.62. The summed E-state index contributed by atoms with van der Waals surface area (Å²) in [6.07, 6.45) is 2.06. The molecule has 1 atom stereocenters. The van der Waals surface area contributed by atoms with Crippen LogP contribution in [-0.2, 0) is 6.42 Å². The minimum atomic E-state index is -0.191. The molecule has 0 amide bonds. The SMILES string of the molecule is Cc1cccc(CCC(C)Nc2cc(F)ccc2C)c1. The monoisotopic (exact) mass is 271 g/mol. The molecule has 0 fully saturated rings. The van der Waals surface area contributed by atoms with Crippen LogP contribution in [0.5, 0.6) is 0 Å². The number of benzene rings is 2. The molecule has 20 heavy (non-hydrogen) atoms. The van der Waals surface area contributed by atoms with Gasteiger partial charge in [-0.3, -0.25) is 0 Å². The lowest BCUT2D eigenvalue weighted by atomic mass is 10.0. The van der Waals surface area contributed by atoms with Crippen LogP contribution < -0.4 is 5.32 Å². The van der Waals surface area contributed by atoms with Gasteiger partial charge in [0.15, 0.2) is 0 Å². The summed E-state index contributed by atoms with van der Waals surface area (Å²) in [4.78, 5) is 0. The molecule has 0 aromatic heterocycles. The molecule has 106 valence electrons. The van der Waals surface area contributed by atoms with E-state index in [-0.39, 0.29) is 5.82 Å². The van der Waals surface area contributed by atoms with Gasteiger partial charge in [-0.25, -0.2) is 4.39 Å². The molecule has 0 aliphatic heterocycles. The summed E-state index contributed by atoms with van der Waals surface area (Å²) < 4.78 is 13.3. The Kier molecular flexibility index (Phi) is 4.78. The Hall–Kier alpha value is -1.83.